The molecule has 11 nitrogen and oxygen atoms in total. The molecule has 0 aliphatic carbocycles. The molecular weight excluding hydrogens is 781 g/mol. The average molecular weight is 839 g/mol. The van der Waals surface area contributed by atoms with Gasteiger partial charge in [-0.05, 0) is 102 Å². The van der Waals surface area contributed by atoms with Crippen LogP contribution in [-0.2, 0) is 54.4 Å². The second-order valence-electron chi connectivity index (χ2n) is 18.5. The first-order chi connectivity index (χ1) is 29.9. The Balaban J connectivity index is 1.12. The molecule has 0 saturated carbocycles. The maximum absolute atomic E-state index is 15.7. The molecule has 0 unspecified atom stereocenters. The van der Waals surface area contributed by atoms with Crippen molar-refractivity contribution in [3.05, 3.63) is 119 Å². The minimum Gasteiger partial charge on any atom is -0.497 e. The number of methoxy groups -OCH3 is 1. The Hall–Kier alpha value is -5.52. The molecule has 0 aromatic heterocycles. The van der Waals surface area contributed by atoms with Crippen LogP contribution in [-0.4, -0.2) is 72.6 Å². The molecule has 324 valence electrons. The number of fused-ring (bicyclic) bond motifs is 3. The molecule has 4 aromatic rings. The SMILES string of the molecule is COc1ccc(C(C)(C)[C@@H]2[C@@H](CC(=O)N3Cc4ccccc4C[C@H]3CO)O[C@]3(C(=O)N(Cc4ccc(N5CCCCC5=O)cc4)c4ccc(N5CCCCC5=O)cc43)[C@H]2C)cc1. The number of benzene rings is 4. The van der Waals surface area contributed by atoms with E-state index in [0.29, 0.717) is 50.1 Å². The van der Waals surface area contributed by atoms with Crippen LogP contribution in [0.3, 0.4) is 0 Å². The van der Waals surface area contributed by atoms with Gasteiger partial charge in [-0.15, -0.1) is 0 Å². The van der Waals surface area contributed by atoms with Gasteiger partial charge in [0.2, 0.25) is 17.7 Å². The molecule has 0 radical (unpaired) electrons. The van der Waals surface area contributed by atoms with Gasteiger partial charge < -0.3 is 34.2 Å². The number of aliphatic hydroxyl groups is 1. The van der Waals surface area contributed by atoms with Gasteiger partial charge in [-0.1, -0.05) is 69.3 Å². The summed E-state index contributed by atoms with van der Waals surface area (Å²) in [6.07, 6.45) is 4.50. The topological polar surface area (TPSA) is 120 Å². The summed E-state index contributed by atoms with van der Waals surface area (Å²) in [6.45, 7) is 8.19. The van der Waals surface area contributed by atoms with E-state index in [1.165, 1.54) is 0 Å². The molecule has 9 rings (SSSR count). The summed E-state index contributed by atoms with van der Waals surface area (Å²) in [4.78, 5) is 63.9. The summed E-state index contributed by atoms with van der Waals surface area (Å²) in [5, 5.41) is 10.6. The molecule has 3 fully saturated rings. The quantitative estimate of drug-likeness (QED) is 0.177. The van der Waals surface area contributed by atoms with Gasteiger partial charge in [0.25, 0.3) is 5.91 Å². The second-order valence-corrected chi connectivity index (χ2v) is 18.5. The van der Waals surface area contributed by atoms with Crippen molar-refractivity contribution in [3.63, 3.8) is 0 Å². The molecule has 1 N–H and O–H groups in total. The number of anilines is 3. The van der Waals surface area contributed by atoms with E-state index < -0.39 is 23.0 Å². The standard InChI is InChI=1S/C51H58N4O7/c1-33-48(50(2,3)37-17-22-41(61-4)23-18-37)44(29-47(59)54-31-36-12-6-5-11-35(36)27-40(54)32-56)62-51(33)42-28-39(53-26-10-8-14-46(53)58)21-24-43(42)55(49(51)60)30-34-15-19-38(20-16-34)52-25-9-7-13-45(52)57/h5-6,11-12,15-24,28,33,40,44,48,56H,7-10,13-14,25-27,29-32H2,1-4H3/t33-,40-,44+,48-,51+/m0/s1. The first kappa shape index (κ1) is 41.8. The van der Waals surface area contributed by atoms with E-state index in [0.717, 1.165) is 65.1 Å². The fourth-order valence-electron chi connectivity index (χ4n) is 11.3. The molecule has 4 amide bonds. The number of amides is 4. The van der Waals surface area contributed by atoms with E-state index >= 15 is 4.79 Å². The first-order valence-corrected chi connectivity index (χ1v) is 22.4. The largest absolute Gasteiger partial charge is 0.497 e. The summed E-state index contributed by atoms with van der Waals surface area (Å²) in [5.74, 6) is -0.180. The lowest BCUT2D eigenvalue weighted by Crippen LogP contribution is -2.48. The van der Waals surface area contributed by atoms with Crippen LogP contribution in [0.15, 0.2) is 91.0 Å². The van der Waals surface area contributed by atoms with Crippen molar-refractivity contribution in [2.24, 2.45) is 11.8 Å². The minimum atomic E-state index is -1.48. The third-order valence-corrected chi connectivity index (χ3v) is 14.6. The molecular formula is C51H58N4O7. The second kappa shape index (κ2) is 16.6. The number of nitrogens with zero attached hydrogens (tertiary/aromatic N) is 4. The number of hydrogen-bond donors (Lipinski definition) is 1. The van der Waals surface area contributed by atoms with Crippen molar-refractivity contribution < 1.29 is 33.8 Å². The number of ether oxygens (including phenoxy) is 2. The molecule has 5 aliphatic rings. The predicted molar refractivity (Wildman–Crippen MR) is 238 cm³/mol. The molecule has 11 heteroatoms. The van der Waals surface area contributed by atoms with Gasteiger partial charge >= 0.3 is 0 Å². The fraction of sp³-hybridized carbons (Fsp3) is 0.451. The monoisotopic (exact) mass is 838 g/mol. The summed E-state index contributed by atoms with van der Waals surface area (Å²) >= 11 is 0. The highest BCUT2D eigenvalue weighted by atomic mass is 16.5. The van der Waals surface area contributed by atoms with E-state index in [1.54, 1.807) is 16.9 Å². The normalized spacial score (nSPS) is 25.1. The zero-order chi connectivity index (χ0) is 43.3. The maximum atomic E-state index is 15.7. The Morgan fingerprint density at radius 1 is 0.839 bits per heavy atom. The number of carbonyl (C=O) groups excluding carboxylic acids is 4. The molecule has 3 saturated heterocycles. The molecule has 1 spiro atoms. The van der Waals surface area contributed by atoms with Gasteiger partial charge in [0.05, 0.1) is 44.5 Å². The van der Waals surface area contributed by atoms with Crippen molar-refractivity contribution in [3.8, 4) is 5.75 Å². The maximum Gasteiger partial charge on any atom is 0.264 e. The molecule has 5 atom stereocenters. The van der Waals surface area contributed by atoms with E-state index in [2.05, 4.69) is 39.0 Å². The number of aliphatic hydroxyl groups excluding tert-OH is 1. The Labute approximate surface area is 364 Å². The average Bonchev–Trinajstić information content (AvgIpc) is 3.71. The van der Waals surface area contributed by atoms with Crippen molar-refractivity contribution in [2.45, 2.75) is 108 Å². The van der Waals surface area contributed by atoms with Gasteiger partial charge in [-0.25, -0.2) is 0 Å². The lowest BCUT2D eigenvalue weighted by molar-refractivity contribution is -0.151. The predicted octanol–water partition coefficient (Wildman–Crippen LogP) is 7.44. The molecule has 0 bridgehead atoms. The summed E-state index contributed by atoms with van der Waals surface area (Å²) in [7, 11) is 1.64. The smallest absolute Gasteiger partial charge is 0.264 e. The zero-order valence-corrected chi connectivity index (χ0v) is 36.3. The minimum absolute atomic E-state index is 0.0125. The van der Waals surface area contributed by atoms with Crippen LogP contribution in [0.4, 0.5) is 17.1 Å². The molecule has 5 aliphatic heterocycles. The Morgan fingerprint density at radius 2 is 1.48 bits per heavy atom. The van der Waals surface area contributed by atoms with Crippen molar-refractivity contribution in [1.29, 1.82) is 0 Å². The third-order valence-electron chi connectivity index (χ3n) is 14.6. The number of carbonyl (C=O) groups is 4. The third kappa shape index (κ3) is 7.16. The lowest BCUT2D eigenvalue weighted by atomic mass is 9.63. The van der Waals surface area contributed by atoms with Gasteiger partial charge in [0.1, 0.15) is 5.75 Å². The zero-order valence-electron chi connectivity index (χ0n) is 36.3. The fourth-order valence-corrected chi connectivity index (χ4v) is 11.3. The molecule has 4 aromatic carbocycles. The van der Waals surface area contributed by atoms with Crippen molar-refractivity contribution >= 4 is 40.7 Å². The highest BCUT2D eigenvalue weighted by molar-refractivity contribution is 6.08. The van der Waals surface area contributed by atoms with E-state index in [4.69, 9.17) is 9.47 Å². The van der Waals surface area contributed by atoms with Gasteiger partial charge in [0.15, 0.2) is 5.60 Å². The Morgan fingerprint density at radius 3 is 2.13 bits per heavy atom. The van der Waals surface area contributed by atoms with E-state index in [1.807, 2.05) is 82.6 Å². The lowest BCUT2D eigenvalue weighted by Gasteiger charge is -2.40. The van der Waals surface area contributed by atoms with Gasteiger partial charge in [0, 0.05) is 61.2 Å². The highest BCUT2D eigenvalue weighted by Crippen LogP contribution is 2.60. The van der Waals surface area contributed by atoms with Crippen LogP contribution in [0.2, 0.25) is 0 Å². The van der Waals surface area contributed by atoms with Crippen LogP contribution in [0.25, 0.3) is 0 Å². The van der Waals surface area contributed by atoms with Crippen LogP contribution in [0.1, 0.15) is 93.5 Å². The first-order valence-electron chi connectivity index (χ1n) is 22.4. The van der Waals surface area contributed by atoms with Crippen LogP contribution >= 0.6 is 0 Å². The van der Waals surface area contributed by atoms with Crippen molar-refractivity contribution in [2.75, 3.05) is 41.5 Å². The highest BCUT2D eigenvalue weighted by Gasteiger charge is 2.66. The van der Waals surface area contributed by atoms with Gasteiger partial charge in [-0.2, -0.15) is 0 Å². The Bertz CT molecular complexity index is 2360. The number of hydrogen-bond acceptors (Lipinski definition) is 7. The van der Waals surface area contributed by atoms with Crippen LogP contribution in [0, 0.1) is 11.8 Å². The van der Waals surface area contributed by atoms with E-state index in [9.17, 15) is 19.5 Å². The van der Waals surface area contributed by atoms with E-state index in [-0.39, 0.29) is 55.2 Å². The number of rotatable bonds is 10. The Kier molecular flexibility index (Phi) is 11.2. The number of piperidine rings is 2. The summed E-state index contributed by atoms with van der Waals surface area (Å²) < 4.78 is 12.9. The summed E-state index contributed by atoms with van der Waals surface area (Å²) in [6, 6.07) is 29.4. The molecule has 5 heterocycles. The van der Waals surface area contributed by atoms with Crippen LogP contribution < -0.4 is 19.4 Å². The molecule has 62 heavy (non-hydrogen) atoms. The van der Waals surface area contributed by atoms with Crippen LogP contribution in [0.5, 0.6) is 5.75 Å². The van der Waals surface area contributed by atoms with Gasteiger partial charge in [-0.3, -0.25) is 19.2 Å². The van der Waals surface area contributed by atoms with Crippen molar-refractivity contribution in [1.82, 2.24) is 4.90 Å². The summed E-state index contributed by atoms with van der Waals surface area (Å²) in [5.41, 5.74) is 5.04.